The van der Waals surface area contributed by atoms with E-state index in [1.54, 1.807) is 4.90 Å². The van der Waals surface area contributed by atoms with Crippen LogP contribution in [0.15, 0.2) is 24.3 Å². The summed E-state index contributed by atoms with van der Waals surface area (Å²) in [7, 11) is 0. The van der Waals surface area contributed by atoms with Gasteiger partial charge in [-0.3, -0.25) is 9.59 Å². The standard InChI is InChI=1S/C15H20N2O2S/c1-11(18)16-13(10-20)15(19)17-9-5-4-7-12-6-2-3-8-14(12)17/h2-3,6,8,13,20H,4-5,7,9-10H2,1H3,(H,16,18). The molecule has 1 unspecified atom stereocenters. The molecule has 0 saturated heterocycles. The molecule has 1 N–H and O–H groups in total. The summed E-state index contributed by atoms with van der Waals surface area (Å²) in [4.78, 5) is 25.6. The Bertz CT molecular complexity index is 504. The summed E-state index contributed by atoms with van der Waals surface area (Å²) < 4.78 is 0. The summed E-state index contributed by atoms with van der Waals surface area (Å²) in [5.41, 5.74) is 2.16. The Balaban J connectivity index is 2.26. The number of thiol groups is 1. The first-order valence-electron chi connectivity index (χ1n) is 6.90. The minimum Gasteiger partial charge on any atom is -0.344 e. The first-order valence-corrected chi connectivity index (χ1v) is 7.54. The van der Waals surface area contributed by atoms with Crippen LogP contribution in [-0.2, 0) is 16.0 Å². The van der Waals surface area contributed by atoms with Crippen LogP contribution in [0, 0.1) is 0 Å². The highest BCUT2D eigenvalue weighted by molar-refractivity contribution is 7.80. The summed E-state index contributed by atoms with van der Waals surface area (Å²) in [6, 6.07) is 7.41. The topological polar surface area (TPSA) is 49.4 Å². The van der Waals surface area contributed by atoms with E-state index in [1.807, 2.05) is 18.2 Å². The average Bonchev–Trinajstić information content (AvgIpc) is 2.66. The maximum absolute atomic E-state index is 12.6. The Morgan fingerprint density at radius 2 is 2.10 bits per heavy atom. The molecule has 4 nitrogen and oxygen atoms in total. The summed E-state index contributed by atoms with van der Waals surface area (Å²) in [5, 5.41) is 2.67. The second-order valence-corrected chi connectivity index (χ2v) is 5.38. The Morgan fingerprint density at radius 1 is 1.35 bits per heavy atom. The van der Waals surface area contributed by atoms with E-state index in [0.29, 0.717) is 12.3 Å². The molecule has 0 spiro atoms. The van der Waals surface area contributed by atoms with Crippen molar-refractivity contribution in [1.29, 1.82) is 0 Å². The maximum atomic E-state index is 12.6. The van der Waals surface area contributed by atoms with Crippen molar-refractivity contribution in [1.82, 2.24) is 5.32 Å². The fourth-order valence-corrected chi connectivity index (χ4v) is 2.79. The monoisotopic (exact) mass is 292 g/mol. The van der Waals surface area contributed by atoms with Gasteiger partial charge in [0.05, 0.1) is 0 Å². The van der Waals surface area contributed by atoms with E-state index in [2.05, 4.69) is 24.0 Å². The number of hydrogen-bond acceptors (Lipinski definition) is 3. The number of benzene rings is 1. The zero-order chi connectivity index (χ0) is 14.5. The molecular weight excluding hydrogens is 272 g/mol. The first-order chi connectivity index (χ1) is 9.63. The number of anilines is 1. The lowest BCUT2D eigenvalue weighted by atomic mass is 10.1. The quantitative estimate of drug-likeness (QED) is 0.835. The molecule has 0 radical (unpaired) electrons. The van der Waals surface area contributed by atoms with Gasteiger partial charge in [0.15, 0.2) is 0 Å². The first kappa shape index (κ1) is 14.9. The van der Waals surface area contributed by atoms with E-state index in [9.17, 15) is 9.59 Å². The summed E-state index contributed by atoms with van der Waals surface area (Å²) in [6.07, 6.45) is 3.04. The molecule has 0 aromatic heterocycles. The highest BCUT2D eigenvalue weighted by Crippen LogP contribution is 2.26. The molecule has 2 amide bonds. The lowest BCUT2D eigenvalue weighted by molar-refractivity contribution is -0.125. The molecular formula is C15H20N2O2S. The molecule has 2 rings (SSSR count). The van der Waals surface area contributed by atoms with Crippen molar-refractivity contribution in [2.24, 2.45) is 0 Å². The van der Waals surface area contributed by atoms with Crippen LogP contribution in [0.1, 0.15) is 25.3 Å². The highest BCUT2D eigenvalue weighted by atomic mass is 32.1. The van der Waals surface area contributed by atoms with Gasteiger partial charge in [0.25, 0.3) is 0 Å². The summed E-state index contributed by atoms with van der Waals surface area (Å²) >= 11 is 4.18. The van der Waals surface area contributed by atoms with Crippen molar-refractivity contribution >= 4 is 30.1 Å². The lowest BCUT2D eigenvalue weighted by Crippen LogP contribution is -2.49. The van der Waals surface area contributed by atoms with Crippen molar-refractivity contribution in [2.45, 2.75) is 32.2 Å². The largest absolute Gasteiger partial charge is 0.344 e. The molecule has 1 aromatic carbocycles. The SMILES string of the molecule is CC(=O)NC(CS)C(=O)N1CCCCc2ccccc21. The van der Waals surface area contributed by atoms with Gasteiger partial charge in [-0.05, 0) is 30.9 Å². The second-order valence-electron chi connectivity index (χ2n) is 5.01. The van der Waals surface area contributed by atoms with Crippen molar-refractivity contribution in [3.05, 3.63) is 29.8 Å². The molecule has 0 fully saturated rings. The smallest absolute Gasteiger partial charge is 0.250 e. The van der Waals surface area contributed by atoms with Crippen LogP contribution in [0.4, 0.5) is 5.69 Å². The number of hydrogen-bond donors (Lipinski definition) is 2. The molecule has 0 saturated carbocycles. The lowest BCUT2D eigenvalue weighted by Gasteiger charge is -2.27. The van der Waals surface area contributed by atoms with Crippen LogP contribution in [-0.4, -0.2) is 30.2 Å². The predicted octanol–water partition coefficient (Wildman–Crippen LogP) is 1.79. The van der Waals surface area contributed by atoms with E-state index in [0.717, 1.165) is 24.9 Å². The highest BCUT2D eigenvalue weighted by Gasteiger charge is 2.27. The minimum atomic E-state index is -0.568. The molecule has 108 valence electrons. The van der Waals surface area contributed by atoms with Gasteiger partial charge in [-0.2, -0.15) is 12.6 Å². The molecule has 1 atom stereocenters. The van der Waals surface area contributed by atoms with Crippen LogP contribution < -0.4 is 10.2 Å². The average molecular weight is 292 g/mol. The normalized spacial score (nSPS) is 16.0. The molecule has 1 aromatic rings. The summed E-state index contributed by atoms with van der Waals surface area (Å²) in [5.74, 6) is 0.0157. The minimum absolute atomic E-state index is 0.0791. The summed E-state index contributed by atoms with van der Waals surface area (Å²) in [6.45, 7) is 2.11. The number of para-hydroxylation sites is 1. The number of nitrogens with zero attached hydrogens (tertiary/aromatic N) is 1. The van der Waals surface area contributed by atoms with Gasteiger partial charge >= 0.3 is 0 Å². The molecule has 5 heteroatoms. The third-order valence-corrected chi connectivity index (χ3v) is 3.85. The number of amides is 2. The molecule has 20 heavy (non-hydrogen) atoms. The van der Waals surface area contributed by atoms with Gasteiger partial charge in [0.2, 0.25) is 11.8 Å². The Morgan fingerprint density at radius 3 is 2.80 bits per heavy atom. The molecule has 1 heterocycles. The van der Waals surface area contributed by atoms with Crippen molar-refractivity contribution in [2.75, 3.05) is 17.2 Å². The fraction of sp³-hybridized carbons (Fsp3) is 0.467. The van der Waals surface area contributed by atoms with Crippen molar-refractivity contribution in [3.63, 3.8) is 0 Å². The van der Waals surface area contributed by atoms with E-state index >= 15 is 0 Å². The van der Waals surface area contributed by atoms with Gasteiger partial charge in [-0.1, -0.05) is 18.2 Å². The Hall–Kier alpha value is -1.49. The number of carbonyl (C=O) groups excluding carboxylic acids is 2. The van der Waals surface area contributed by atoms with Gasteiger partial charge in [-0.25, -0.2) is 0 Å². The van der Waals surface area contributed by atoms with Gasteiger partial charge < -0.3 is 10.2 Å². The zero-order valence-corrected chi connectivity index (χ0v) is 12.5. The number of nitrogens with one attached hydrogen (secondary N) is 1. The molecule has 1 aliphatic heterocycles. The number of fused-ring (bicyclic) bond motifs is 1. The fourth-order valence-electron chi connectivity index (χ4n) is 2.54. The Labute approximate surface area is 124 Å². The molecule has 0 bridgehead atoms. The predicted molar refractivity (Wildman–Crippen MR) is 83.2 cm³/mol. The number of carbonyl (C=O) groups is 2. The van der Waals surface area contributed by atoms with E-state index in [-0.39, 0.29) is 11.8 Å². The van der Waals surface area contributed by atoms with Crippen molar-refractivity contribution in [3.8, 4) is 0 Å². The van der Waals surface area contributed by atoms with Crippen LogP contribution in [0.2, 0.25) is 0 Å². The van der Waals surface area contributed by atoms with Crippen LogP contribution in [0.5, 0.6) is 0 Å². The maximum Gasteiger partial charge on any atom is 0.250 e. The molecule has 1 aliphatic rings. The van der Waals surface area contributed by atoms with Crippen LogP contribution in [0.25, 0.3) is 0 Å². The van der Waals surface area contributed by atoms with Gasteiger partial charge in [0, 0.05) is 24.9 Å². The third kappa shape index (κ3) is 3.33. The number of rotatable bonds is 3. The van der Waals surface area contributed by atoms with Crippen LogP contribution >= 0.6 is 12.6 Å². The second kappa shape index (κ2) is 6.79. The van der Waals surface area contributed by atoms with E-state index in [1.165, 1.54) is 12.5 Å². The van der Waals surface area contributed by atoms with E-state index in [4.69, 9.17) is 0 Å². The number of aryl methyl sites for hydroxylation is 1. The molecule has 0 aliphatic carbocycles. The van der Waals surface area contributed by atoms with Gasteiger partial charge in [0.1, 0.15) is 6.04 Å². The Kier molecular flexibility index (Phi) is 5.06. The van der Waals surface area contributed by atoms with E-state index < -0.39 is 6.04 Å². The zero-order valence-electron chi connectivity index (χ0n) is 11.6. The van der Waals surface area contributed by atoms with Gasteiger partial charge in [-0.15, -0.1) is 0 Å². The van der Waals surface area contributed by atoms with Crippen molar-refractivity contribution < 1.29 is 9.59 Å². The third-order valence-electron chi connectivity index (χ3n) is 3.48. The van der Waals surface area contributed by atoms with Crippen LogP contribution in [0.3, 0.4) is 0 Å².